The Balaban J connectivity index is 1.61. The SMILES string of the molecule is C1=CC[C@@]23O[C@]2(C1)C[C@@]12CC=CC[C@@]1(O2)O3. The van der Waals surface area contributed by atoms with E-state index in [4.69, 9.17) is 14.2 Å². The van der Waals surface area contributed by atoms with Gasteiger partial charge in [0.1, 0.15) is 11.2 Å². The average Bonchev–Trinajstić information content (AvgIpc) is 3.09. The van der Waals surface area contributed by atoms with E-state index in [1.165, 1.54) is 0 Å². The molecule has 0 aromatic heterocycles. The Hall–Kier alpha value is -0.640. The van der Waals surface area contributed by atoms with Gasteiger partial charge in [-0.3, -0.25) is 0 Å². The normalized spacial score (nSPS) is 64.0. The second kappa shape index (κ2) is 2.05. The Morgan fingerprint density at radius 1 is 0.625 bits per heavy atom. The van der Waals surface area contributed by atoms with Gasteiger partial charge in [-0.15, -0.1) is 0 Å². The zero-order valence-corrected chi connectivity index (χ0v) is 9.07. The van der Waals surface area contributed by atoms with E-state index in [1.54, 1.807) is 0 Å². The molecule has 3 saturated heterocycles. The van der Waals surface area contributed by atoms with Crippen LogP contribution >= 0.6 is 0 Å². The molecular weight excluding hydrogens is 204 g/mol. The quantitative estimate of drug-likeness (QED) is 0.461. The van der Waals surface area contributed by atoms with Crippen LogP contribution in [0.2, 0.25) is 0 Å². The molecule has 0 aromatic carbocycles. The fourth-order valence-corrected chi connectivity index (χ4v) is 3.98. The molecule has 0 aromatic rings. The van der Waals surface area contributed by atoms with Crippen LogP contribution in [0.4, 0.5) is 0 Å². The summed E-state index contributed by atoms with van der Waals surface area (Å²) in [5.41, 5.74) is -0.125. The topological polar surface area (TPSA) is 34.3 Å². The van der Waals surface area contributed by atoms with Gasteiger partial charge in [0, 0.05) is 19.3 Å². The van der Waals surface area contributed by atoms with Gasteiger partial charge in [-0.2, -0.15) is 0 Å². The zero-order chi connectivity index (χ0) is 10.5. The molecule has 3 heterocycles. The molecule has 16 heavy (non-hydrogen) atoms. The lowest BCUT2D eigenvalue weighted by molar-refractivity contribution is -0.154. The summed E-state index contributed by atoms with van der Waals surface area (Å²) >= 11 is 0. The second-order valence-electron chi connectivity index (χ2n) is 5.74. The predicted molar refractivity (Wildman–Crippen MR) is 55.5 cm³/mol. The summed E-state index contributed by atoms with van der Waals surface area (Å²) in [7, 11) is 0. The molecule has 0 bridgehead atoms. The number of rotatable bonds is 0. The summed E-state index contributed by atoms with van der Waals surface area (Å²) in [5.74, 6) is -0.681. The molecule has 2 aliphatic carbocycles. The van der Waals surface area contributed by atoms with Crippen molar-refractivity contribution in [2.24, 2.45) is 0 Å². The van der Waals surface area contributed by atoms with E-state index in [0.29, 0.717) is 0 Å². The molecule has 0 saturated carbocycles. The summed E-state index contributed by atoms with van der Waals surface area (Å²) in [6, 6.07) is 0. The van der Waals surface area contributed by atoms with E-state index in [2.05, 4.69) is 24.3 Å². The molecule has 5 aliphatic rings. The van der Waals surface area contributed by atoms with E-state index in [0.717, 1.165) is 32.1 Å². The highest BCUT2D eigenvalue weighted by Crippen LogP contribution is 2.75. The van der Waals surface area contributed by atoms with Crippen molar-refractivity contribution in [3.63, 3.8) is 0 Å². The Morgan fingerprint density at radius 2 is 1.12 bits per heavy atom. The molecule has 3 fully saturated rings. The van der Waals surface area contributed by atoms with Crippen molar-refractivity contribution in [1.82, 2.24) is 0 Å². The van der Waals surface area contributed by atoms with Crippen LogP contribution in [-0.2, 0) is 14.2 Å². The van der Waals surface area contributed by atoms with Gasteiger partial charge >= 0.3 is 0 Å². The third kappa shape index (κ3) is 0.666. The van der Waals surface area contributed by atoms with Crippen molar-refractivity contribution in [3.8, 4) is 0 Å². The first-order chi connectivity index (χ1) is 7.74. The van der Waals surface area contributed by atoms with Crippen LogP contribution in [0.5, 0.6) is 0 Å². The molecular formula is C13H14O3. The first-order valence-corrected chi connectivity index (χ1v) is 6.15. The van der Waals surface area contributed by atoms with Crippen LogP contribution in [-0.4, -0.2) is 22.8 Å². The lowest BCUT2D eigenvalue weighted by Crippen LogP contribution is -2.48. The lowest BCUT2D eigenvalue weighted by atomic mass is 9.75. The molecule has 3 heteroatoms. The maximum Gasteiger partial charge on any atom is 0.205 e. The lowest BCUT2D eigenvalue weighted by Gasteiger charge is -2.34. The first kappa shape index (κ1) is 8.45. The fraction of sp³-hybridized carbons (Fsp3) is 0.692. The van der Waals surface area contributed by atoms with Crippen LogP contribution in [0.3, 0.4) is 0 Å². The standard InChI is InChI=1S/C13H14O3/c1-3-7-12-10(5-1,14-12)9-11-6-2-4-8-13(11,15-11)16-12/h1-4H,5-9H2/t10-,11+,12+,13-. The summed E-state index contributed by atoms with van der Waals surface area (Å²) in [6.45, 7) is 0. The minimum atomic E-state index is -0.340. The second-order valence-corrected chi connectivity index (χ2v) is 5.74. The molecule has 5 rings (SSSR count). The molecule has 84 valence electrons. The van der Waals surface area contributed by atoms with Crippen molar-refractivity contribution >= 4 is 0 Å². The molecule has 0 radical (unpaired) electrons. The van der Waals surface area contributed by atoms with Gasteiger partial charge in [0.2, 0.25) is 11.6 Å². The first-order valence-electron chi connectivity index (χ1n) is 6.15. The minimum absolute atomic E-state index is 0.0626. The maximum atomic E-state index is 6.25. The average molecular weight is 218 g/mol. The summed E-state index contributed by atoms with van der Waals surface area (Å²) in [4.78, 5) is 0. The van der Waals surface area contributed by atoms with Crippen molar-refractivity contribution in [2.45, 2.75) is 54.9 Å². The Bertz CT molecular complexity index is 378. The van der Waals surface area contributed by atoms with Crippen molar-refractivity contribution in [3.05, 3.63) is 24.3 Å². The number of ether oxygens (including phenoxy) is 3. The molecule has 0 spiro atoms. The predicted octanol–water partition coefficient (Wildman–Crippen LogP) is 2.04. The van der Waals surface area contributed by atoms with E-state index in [1.807, 2.05) is 0 Å². The number of epoxide rings is 2. The Labute approximate surface area is 94.1 Å². The van der Waals surface area contributed by atoms with Crippen molar-refractivity contribution in [2.75, 3.05) is 0 Å². The molecule has 0 amide bonds. The van der Waals surface area contributed by atoms with Gasteiger partial charge in [0.25, 0.3) is 0 Å². The third-order valence-corrected chi connectivity index (χ3v) is 4.93. The van der Waals surface area contributed by atoms with Crippen LogP contribution < -0.4 is 0 Å². The summed E-state index contributed by atoms with van der Waals surface area (Å²) in [5, 5.41) is 0. The monoisotopic (exact) mass is 218 g/mol. The minimum Gasteiger partial charge on any atom is -0.334 e. The van der Waals surface area contributed by atoms with Crippen molar-refractivity contribution < 1.29 is 14.2 Å². The van der Waals surface area contributed by atoms with Crippen LogP contribution in [0.1, 0.15) is 32.1 Å². The van der Waals surface area contributed by atoms with Crippen LogP contribution in [0.25, 0.3) is 0 Å². The third-order valence-electron chi connectivity index (χ3n) is 4.93. The van der Waals surface area contributed by atoms with Crippen LogP contribution in [0, 0.1) is 0 Å². The van der Waals surface area contributed by atoms with Crippen molar-refractivity contribution in [1.29, 1.82) is 0 Å². The van der Waals surface area contributed by atoms with E-state index >= 15 is 0 Å². The molecule has 0 unspecified atom stereocenters. The highest BCUT2D eigenvalue weighted by Gasteiger charge is 2.88. The van der Waals surface area contributed by atoms with Gasteiger partial charge in [-0.1, -0.05) is 24.3 Å². The largest absolute Gasteiger partial charge is 0.334 e. The maximum absolute atomic E-state index is 6.25. The van der Waals surface area contributed by atoms with Gasteiger partial charge in [-0.25, -0.2) is 0 Å². The van der Waals surface area contributed by atoms with E-state index in [-0.39, 0.29) is 22.8 Å². The van der Waals surface area contributed by atoms with Crippen LogP contribution in [0.15, 0.2) is 24.3 Å². The van der Waals surface area contributed by atoms with Gasteiger partial charge < -0.3 is 14.2 Å². The molecule has 0 N–H and O–H groups in total. The van der Waals surface area contributed by atoms with Gasteiger partial charge in [0.15, 0.2) is 0 Å². The van der Waals surface area contributed by atoms with Gasteiger partial charge in [-0.05, 0) is 12.8 Å². The molecule has 3 aliphatic heterocycles. The Kier molecular flexibility index (Phi) is 1.08. The van der Waals surface area contributed by atoms with E-state index < -0.39 is 0 Å². The summed E-state index contributed by atoms with van der Waals surface area (Å²) < 4.78 is 18.3. The fourth-order valence-electron chi connectivity index (χ4n) is 3.98. The molecule has 4 atom stereocenters. The number of hydrogen-bond acceptors (Lipinski definition) is 3. The van der Waals surface area contributed by atoms with Gasteiger partial charge in [0.05, 0.1) is 0 Å². The summed E-state index contributed by atoms with van der Waals surface area (Å²) in [6.07, 6.45) is 13.5. The van der Waals surface area contributed by atoms with E-state index in [9.17, 15) is 0 Å². The Morgan fingerprint density at radius 3 is 1.69 bits per heavy atom. The smallest absolute Gasteiger partial charge is 0.205 e. The highest BCUT2D eigenvalue weighted by atomic mass is 16.9. The zero-order valence-electron chi connectivity index (χ0n) is 9.07. The highest BCUT2D eigenvalue weighted by molar-refractivity contribution is 5.33. The number of hydrogen-bond donors (Lipinski definition) is 0. The molecule has 3 nitrogen and oxygen atoms in total.